The fourth-order valence-electron chi connectivity index (χ4n) is 3.85. The Morgan fingerprint density at radius 1 is 1.45 bits per heavy atom. The number of hydrogen-bond donors (Lipinski definition) is 4. The second-order valence-corrected chi connectivity index (χ2v) is 9.11. The van der Waals surface area contributed by atoms with Crippen LogP contribution in [0.25, 0.3) is 11.0 Å². The molecular formula is C19H26BrN5O4. The SMILES string of the molecule is C[C@H](O)C(=O)Nc1c[nH]c2ncc(Br)c(N3CC[C@@H](N(C(=O)O)C(C)(C)C)C3)c12. The Morgan fingerprint density at radius 2 is 2.14 bits per heavy atom. The van der Waals surface area contributed by atoms with Crippen molar-refractivity contribution in [2.75, 3.05) is 23.3 Å². The number of aromatic nitrogens is 2. The quantitative estimate of drug-likeness (QED) is 0.548. The molecule has 0 aromatic carbocycles. The van der Waals surface area contributed by atoms with Gasteiger partial charge in [0.05, 0.1) is 27.3 Å². The molecule has 1 saturated heterocycles. The molecule has 2 atom stereocenters. The smallest absolute Gasteiger partial charge is 0.408 e. The second-order valence-electron chi connectivity index (χ2n) is 8.26. The molecule has 0 radical (unpaired) electrons. The Bertz CT molecular complexity index is 937. The molecule has 2 aromatic heterocycles. The van der Waals surface area contributed by atoms with Crippen LogP contribution in [0.1, 0.15) is 34.1 Å². The van der Waals surface area contributed by atoms with Crippen molar-refractivity contribution in [2.45, 2.75) is 51.8 Å². The first-order valence-electron chi connectivity index (χ1n) is 9.42. The summed E-state index contributed by atoms with van der Waals surface area (Å²) in [6, 6.07) is -0.155. The second kappa shape index (κ2) is 7.83. The minimum atomic E-state index is -1.14. The molecule has 29 heavy (non-hydrogen) atoms. The van der Waals surface area contributed by atoms with E-state index in [4.69, 9.17) is 0 Å². The Morgan fingerprint density at radius 3 is 2.72 bits per heavy atom. The number of carboxylic acid groups (broad SMARTS) is 1. The summed E-state index contributed by atoms with van der Waals surface area (Å²) in [4.78, 5) is 34.9. The number of halogens is 1. The van der Waals surface area contributed by atoms with Crippen molar-refractivity contribution in [3.63, 3.8) is 0 Å². The van der Waals surface area contributed by atoms with E-state index in [0.717, 1.165) is 10.2 Å². The third-order valence-electron chi connectivity index (χ3n) is 5.04. The maximum atomic E-state index is 12.0. The monoisotopic (exact) mass is 467 g/mol. The van der Waals surface area contributed by atoms with Crippen LogP contribution in [0.2, 0.25) is 0 Å². The topological polar surface area (TPSA) is 122 Å². The molecule has 0 spiro atoms. The number of aliphatic hydroxyl groups excluding tert-OH is 1. The number of pyridine rings is 1. The molecule has 9 nitrogen and oxygen atoms in total. The predicted molar refractivity (Wildman–Crippen MR) is 114 cm³/mol. The minimum absolute atomic E-state index is 0.155. The number of nitrogens with one attached hydrogen (secondary N) is 2. The van der Waals surface area contributed by atoms with E-state index in [-0.39, 0.29) is 6.04 Å². The van der Waals surface area contributed by atoms with Crippen LogP contribution in [0.5, 0.6) is 0 Å². The molecule has 0 aliphatic carbocycles. The highest BCUT2D eigenvalue weighted by Crippen LogP contribution is 2.40. The van der Waals surface area contributed by atoms with Crippen molar-refractivity contribution in [3.05, 3.63) is 16.9 Å². The summed E-state index contributed by atoms with van der Waals surface area (Å²) in [5.74, 6) is -0.513. The van der Waals surface area contributed by atoms with Gasteiger partial charge in [0, 0.05) is 31.0 Å². The number of carbonyl (C=O) groups is 2. The molecule has 1 aliphatic heterocycles. The number of rotatable bonds is 4. The van der Waals surface area contributed by atoms with Crippen LogP contribution < -0.4 is 10.2 Å². The average Bonchev–Trinajstić information content (AvgIpc) is 3.21. The third kappa shape index (κ3) is 4.18. The molecule has 2 aromatic rings. The molecule has 0 bridgehead atoms. The van der Waals surface area contributed by atoms with Crippen LogP contribution in [0.3, 0.4) is 0 Å². The molecule has 3 heterocycles. The van der Waals surface area contributed by atoms with E-state index in [1.807, 2.05) is 20.8 Å². The highest BCUT2D eigenvalue weighted by Gasteiger charge is 2.38. The van der Waals surface area contributed by atoms with Crippen molar-refractivity contribution in [1.82, 2.24) is 14.9 Å². The lowest BCUT2D eigenvalue weighted by Gasteiger charge is -2.38. The lowest BCUT2D eigenvalue weighted by Crippen LogP contribution is -2.52. The summed E-state index contributed by atoms with van der Waals surface area (Å²) in [5, 5.41) is 22.7. The number of carbonyl (C=O) groups excluding carboxylic acids is 1. The molecule has 1 fully saturated rings. The lowest BCUT2D eigenvalue weighted by atomic mass is 10.0. The maximum Gasteiger partial charge on any atom is 0.408 e. The zero-order valence-corrected chi connectivity index (χ0v) is 18.4. The zero-order valence-electron chi connectivity index (χ0n) is 16.9. The van der Waals surface area contributed by atoms with E-state index in [9.17, 15) is 19.8 Å². The van der Waals surface area contributed by atoms with Gasteiger partial charge in [0.1, 0.15) is 11.8 Å². The first kappa shape index (κ1) is 21.4. The molecule has 158 valence electrons. The number of amides is 2. The standard InChI is InChI=1S/C19H26BrN5O4/c1-10(26)17(27)23-13-8-22-16-14(13)15(12(20)7-21-16)24-6-5-11(9-24)25(18(28)29)19(2,3)4/h7-8,10-11,26H,5-6,9H2,1-4H3,(H,21,22)(H,23,27)(H,28,29)/t10-,11+/m0/s1. The van der Waals surface area contributed by atoms with Gasteiger partial charge in [-0.15, -0.1) is 0 Å². The van der Waals surface area contributed by atoms with Crippen LogP contribution in [-0.4, -0.2) is 67.9 Å². The van der Waals surface area contributed by atoms with Gasteiger partial charge in [0.2, 0.25) is 0 Å². The van der Waals surface area contributed by atoms with Gasteiger partial charge in [0.15, 0.2) is 0 Å². The molecule has 1 aliphatic rings. The molecule has 10 heteroatoms. The van der Waals surface area contributed by atoms with Gasteiger partial charge in [0.25, 0.3) is 5.91 Å². The summed E-state index contributed by atoms with van der Waals surface area (Å²) in [7, 11) is 0. The Labute approximate surface area is 177 Å². The van der Waals surface area contributed by atoms with Crippen molar-refractivity contribution in [3.8, 4) is 0 Å². The van der Waals surface area contributed by atoms with E-state index in [1.165, 1.54) is 11.8 Å². The number of nitrogens with zero attached hydrogens (tertiary/aromatic N) is 3. The fourth-order valence-corrected chi connectivity index (χ4v) is 4.40. The van der Waals surface area contributed by atoms with Gasteiger partial charge < -0.3 is 25.4 Å². The molecule has 2 amide bonds. The Hall–Kier alpha value is -2.33. The minimum Gasteiger partial charge on any atom is -0.465 e. The number of hydrogen-bond acceptors (Lipinski definition) is 5. The van der Waals surface area contributed by atoms with Gasteiger partial charge >= 0.3 is 6.09 Å². The van der Waals surface area contributed by atoms with E-state index in [1.54, 1.807) is 12.4 Å². The van der Waals surface area contributed by atoms with Crippen LogP contribution in [0, 0.1) is 0 Å². The van der Waals surface area contributed by atoms with Crippen molar-refractivity contribution in [1.29, 1.82) is 0 Å². The zero-order chi connectivity index (χ0) is 21.5. The van der Waals surface area contributed by atoms with Gasteiger partial charge in [-0.05, 0) is 50.0 Å². The maximum absolute atomic E-state index is 12.0. The Balaban J connectivity index is 1.98. The third-order valence-corrected chi connectivity index (χ3v) is 5.62. The molecule has 0 unspecified atom stereocenters. The average molecular weight is 468 g/mol. The number of anilines is 2. The number of fused-ring (bicyclic) bond motifs is 1. The molecule has 3 rings (SSSR count). The first-order chi connectivity index (χ1) is 13.5. The highest BCUT2D eigenvalue weighted by atomic mass is 79.9. The van der Waals surface area contributed by atoms with Crippen LogP contribution >= 0.6 is 15.9 Å². The van der Waals surface area contributed by atoms with Gasteiger partial charge in [-0.3, -0.25) is 9.69 Å². The summed E-state index contributed by atoms with van der Waals surface area (Å²) >= 11 is 3.56. The van der Waals surface area contributed by atoms with Crippen molar-refractivity contribution >= 4 is 50.3 Å². The van der Waals surface area contributed by atoms with E-state index in [2.05, 4.69) is 36.1 Å². The summed E-state index contributed by atoms with van der Waals surface area (Å²) < 4.78 is 0.746. The predicted octanol–water partition coefficient (Wildman–Crippen LogP) is 3.00. The van der Waals surface area contributed by atoms with Gasteiger partial charge in [-0.2, -0.15) is 0 Å². The van der Waals surface area contributed by atoms with Crippen LogP contribution in [-0.2, 0) is 4.79 Å². The number of aliphatic hydroxyl groups is 1. The summed E-state index contributed by atoms with van der Waals surface area (Å²) in [6.07, 6.45) is 1.94. The largest absolute Gasteiger partial charge is 0.465 e. The lowest BCUT2D eigenvalue weighted by molar-refractivity contribution is -0.123. The highest BCUT2D eigenvalue weighted by molar-refractivity contribution is 9.10. The first-order valence-corrected chi connectivity index (χ1v) is 10.2. The summed E-state index contributed by atoms with van der Waals surface area (Å²) in [5.41, 5.74) is 1.43. The fraction of sp³-hybridized carbons (Fsp3) is 0.526. The number of H-pyrrole nitrogens is 1. The normalized spacial score (nSPS) is 18.1. The van der Waals surface area contributed by atoms with Gasteiger partial charge in [-0.25, -0.2) is 9.78 Å². The van der Waals surface area contributed by atoms with E-state index >= 15 is 0 Å². The van der Waals surface area contributed by atoms with E-state index in [0.29, 0.717) is 36.2 Å². The van der Waals surface area contributed by atoms with Crippen LogP contribution in [0.15, 0.2) is 16.9 Å². The molecule has 0 saturated carbocycles. The molecule has 4 N–H and O–H groups in total. The van der Waals surface area contributed by atoms with E-state index < -0.39 is 23.6 Å². The summed E-state index contributed by atoms with van der Waals surface area (Å²) in [6.45, 7) is 8.26. The van der Waals surface area contributed by atoms with Gasteiger partial charge in [-0.1, -0.05) is 0 Å². The van der Waals surface area contributed by atoms with Crippen LogP contribution in [0.4, 0.5) is 16.2 Å². The van der Waals surface area contributed by atoms with Crippen molar-refractivity contribution in [2.24, 2.45) is 0 Å². The number of aromatic amines is 1. The van der Waals surface area contributed by atoms with Crippen molar-refractivity contribution < 1.29 is 19.8 Å². The Kier molecular flexibility index (Phi) is 5.77. The molecular weight excluding hydrogens is 442 g/mol.